The number of hydrogen-bond donors (Lipinski definition) is 2. The van der Waals surface area contributed by atoms with E-state index in [0.717, 1.165) is 0 Å². The average molecular weight is 257 g/mol. The quantitative estimate of drug-likeness (QED) is 0.691. The van der Waals surface area contributed by atoms with Gasteiger partial charge in [-0.15, -0.1) is 0 Å². The summed E-state index contributed by atoms with van der Waals surface area (Å²) in [7, 11) is 2.89. The Labute approximate surface area is 106 Å². The van der Waals surface area contributed by atoms with E-state index in [1.165, 1.54) is 7.11 Å². The Bertz CT molecular complexity index is 388. The van der Waals surface area contributed by atoms with Crippen molar-refractivity contribution in [2.75, 3.05) is 27.4 Å². The molecule has 0 fully saturated rings. The molecule has 102 valence electrons. The van der Waals surface area contributed by atoms with E-state index in [1.807, 2.05) is 0 Å². The summed E-state index contributed by atoms with van der Waals surface area (Å²) in [6, 6.07) is 1.47. The number of ether oxygens (including phenoxy) is 2. The van der Waals surface area contributed by atoms with Gasteiger partial charge in [0.15, 0.2) is 0 Å². The van der Waals surface area contributed by atoms with E-state index in [-0.39, 0.29) is 12.6 Å². The van der Waals surface area contributed by atoms with Gasteiger partial charge < -0.3 is 24.3 Å². The number of carbonyl (C=O) groups excluding carboxylic acids is 1. The molecular weight excluding hydrogens is 238 g/mol. The highest BCUT2D eigenvalue weighted by Gasteiger charge is 2.16. The number of nitrogens with one attached hydrogen (secondary N) is 1. The molecule has 0 aliphatic rings. The van der Waals surface area contributed by atoms with E-state index in [2.05, 4.69) is 10.1 Å². The van der Waals surface area contributed by atoms with E-state index >= 15 is 0 Å². The van der Waals surface area contributed by atoms with Crippen LogP contribution in [0.15, 0.2) is 10.5 Å². The van der Waals surface area contributed by atoms with Gasteiger partial charge in [-0.1, -0.05) is 0 Å². The lowest BCUT2D eigenvalue weighted by atomic mass is 10.2. The molecule has 6 nitrogen and oxygen atoms in total. The molecule has 0 aliphatic carbocycles. The van der Waals surface area contributed by atoms with Gasteiger partial charge in [0.2, 0.25) is 0 Å². The third kappa shape index (κ3) is 3.83. The molecule has 0 saturated heterocycles. The van der Waals surface area contributed by atoms with Crippen molar-refractivity contribution in [2.45, 2.75) is 19.5 Å². The number of methoxy groups -OCH3 is 2. The van der Waals surface area contributed by atoms with Crippen LogP contribution in [0.5, 0.6) is 0 Å². The average Bonchev–Trinajstić information content (AvgIpc) is 2.74. The van der Waals surface area contributed by atoms with E-state index in [4.69, 9.17) is 14.3 Å². The third-order valence-electron chi connectivity index (χ3n) is 2.53. The zero-order valence-corrected chi connectivity index (χ0v) is 10.9. The number of rotatable bonds is 7. The maximum Gasteiger partial charge on any atom is 0.341 e. The molecule has 1 unspecified atom stereocenters. The van der Waals surface area contributed by atoms with Crippen molar-refractivity contribution in [2.24, 2.45) is 0 Å². The Balaban J connectivity index is 2.60. The van der Waals surface area contributed by atoms with Gasteiger partial charge in [-0.25, -0.2) is 4.79 Å². The van der Waals surface area contributed by atoms with Crippen LogP contribution in [0.4, 0.5) is 0 Å². The Morgan fingerprint density at radius 1 is 1.56 bits per heavy atom. The van der Waals surface area contributed by atoms with Gasteiger partial charge in [0, 0.05) is 7.11 Å². The Morgan fingerprint density at radius 2 is 2.28 bits per heavy atom. The van der Waals surface area contributed by atoms with Crippen molar-refractivity contribution < 1.29 is 23.8 Å². The minimum atomic E-state index is -0.418. The number of aliphatic hydroxyl groups is 1. The fourth-order valence-corrected chi connectivity index (χ4v) is 1.57. The monoisotopic (exact) mass is 257 g/mol. The van der Waals surface area contributed by atoms with Crippen LogP contribution < -0.4 is 5.32 Å². The first kappa shape index (κ1) is 14.7. The van der Waals surface area contributed by atoms with E-state index in [1.54, 1.807) is 20.1 Å². The normalized spacial score (nSPS) is 12.4. The molecule has 2 N–H and O–H groups in total. The van der Waals surface area contributed by atoms with Gasteiger partial charge in [0.25, 0.3) is 0 Å². The lowest BCUT2D eigenvalue weighted by molar-refractivity contribution is 0.0599. The largest absolute Gasteiger partial charge is 0.465 e. The summed E-state index contributed by atoms with van der Waals surface area (Å²) >= 11 is 0. The molecule has 0 amide bonds. The summed E-state index contributed by atoms with van der Waals surface area (Å²) in [4.78, 5) is 11.4. The van der Waals surface area contributed by atoms with Gasteiger partial charge in [0.05, 0.1) is 32.9 Å². The summed E-state index contributed by atoms with van der Waals surface area (Å²) < 4.78 is 15.0. The highest BCUT2D eigenvalue weighted by atomic mass is 16.5. The second-order valence-electron chi connectivity index (χ2n) is 3.89. The Kier molecular flexibility index (Phi) is 5.84. The summed E-state index contributed by atoms with van der Waals surface area (Å²) in [5.74, 6) is 0.714. The van der Waals surface area contributed by atoms with Crippen LogP contribution in [0.25, 0.3) is 0 Å². The zero-order chi connectivity index (χ0) is 13.5. The summed E-state index contributed by atoms with van der Waals surface area (Å²) in [6.07, 6.45) is 0. The maximum absolute atomic E-state index is 11.4. The van der Waals surface area contributed by atoms with Crippen LogP contribution in [0.2, 0.25) is 0 Å². The van der Waals surface area contributed by atoms with Crippen LogP contribution in [-0.4, -0.2) is 44.6 Å². The van der Waals surface area contributed by atoms with Crippen LogP contribution in [0, 0.1) is 6.92 Å². The molecule has 1 atom stereocenters. The van der Waals surface area contributed by atoms with Crippen molar-refractivity contribution >= 4 is 5.97 Å². The first-order valence-corrected chi connectivity index (χ1v) is 5.63. The molecule has 1 heterocycles. The summed E-state index contributed by atoms with van der Waals surface area (Å²) in [5, 5.41) is 12.1. The van der Waals surface area contributed by atoms with Crippen LogP contribution in [0.1, 0.15) is 21.9 Å². The molecule has 1 rings (SSSR count). The third-order valence-corrected chi connectivity index (χ3v) is 2.53. The summed E-state index contributed by atoms with van der Waals surface area (Å²) in [6.45, 7) is 2.48. The van der Waals surface area contributed by atoms with Crippen LogP contribution in [0.3, 0.4) is 0 Å². The van der Waals surface area contributed by atoms with Crippen LogP contribution in [-0.2, 0) is 16.0 Å². The molecule has 6 heteroatoms. The van der Waals surface area contributed by atoms with Crippen molar-refractivity contribution in [3.05, 3.63) is 23.2 Å². The molecule has 0 aliphatic heterocycles. The molecule has 1 aromatic rings. The number of aliphatic hydroxyl groups excluding tert-OH is 1. The van der Waals surface area contributed by atoms with Crippen molar-refractivity contribution in [3.63, 3.8) is 0 Å². The van der Waals surface area contributed by atoms with Gasteiger partial charge in [-0.2, -0.15) is 0 Å². The first-order chi connectivity index (χ1) is 8.62. The molecule has 1 aromatic heterocycles. The van der Waals surface area contributed by atoms with E-state index in [0.29, 0.717) is 30.2 Å². The number of hydrogen-bond acceptors (Lipinski definition) is 6. The fraction of sp³-hybridized carbons (Fsp3) is 0.583. The minimum Gasteiger partial charge on any atom is -0.465 e. The lowest BCUT2D eigenvalue weighted by Gasteiger charge is -2.13. The number of esters is 1. The molecule has 0 aromatic carbocycles. The van der Waals surface area contributed by atoms with Crippen molar-refractivity contribution in [1.82, 2.24) is 5.32 Å². The predicted molar refractivity (Wildman–Crippen MR) is 64.4 cm³/mol. The molecule has 0 saturated carbocycles. The Morgan fingerprint density at radius 3 is 2.83 bits per heavy atom. The van der Waals surface area contributed by atoms with E-state index < -0.39 is 5.97 Å². The molecular formula is C12H19NO5. The maximum atomic E-state index is 11.4. The van der Waals surface area contributed by atoms with Gasteiger partial charge in [0.1, 0.15) is 17.1 Å². The fourth-order valence-electron chi connectivity index (χ4n) is 1.57. The SMILES string of the molecule is COCC(CO)NCc1cc(C(=O)OC)c(C)o1. The predicted octanol–water partition coefficient (Wildman–Crippen LogP) is 0.472. The lowest BCUT2D eigenvalue weighted by Crippen LogP contribution is -2.35. The first-order valence-electron chi connectivity index (χ1n) is 5.63. The van der Waals surface area contributed by atoms with Gasteiger partial charge >= 0.3 is 5.97 Å². The highest BCUT2D eigenvalue weighted by Crippen LogP contribution is 2.15. The molecule has 0 spiro atoms. The van der Waals surface area contributed by atoms with Crippen LogP contribution >= 0.6 is 0 Å². The minimum absolute atomic E-state index is 0.0304. The number of furan rings is 1. The van der Waals surface area contributed by atoms with Gasteiger partial charge in [-0.05, 0) is 13.0 Å². The summed E-state index contributed by atoms with van der Waals surface area (Å²) in [5.41, 5.74) is 0.418. The topological polar surface area (TPSA) is 80.9 Å². The van der Waals surface area contributed by atoms with Crippen molar-refractivity contribution in [3.8, 4) is 0 Å². The highest BCUT2D eigenvalue weighted by molar-refractivity contribution is 5.90. The van der Waals surface area contributed by atoms with Gasteiger partial charge in [-0.3, -0.25) is 0 Å². The van der Waals surface area contributed by atoms with Crippen molar-refractivity contribution in [1.29, 1.82) is 0 Å². The Hall–Kier alpha value is -1.37. The second kappa shape index (κ2) is 7.15. The smallest absolute Gasteiger partial charge is 0.341 e. The zero-order valence-electron chi connectivity index (χ0n) is 10.9. The standard InChI is InChI=1S/C12H19NO5/c1-8-11(12(15)17-3)4-10(18-8)5-13-9(6-14)7-16-2/h4,9,13-14H,5-7H2,1-3H3. The molecule has 0 radical (unpaired) electrons. The number of aryl methyl sites for hydroxylation is 1. The number of carbonyl (C=O) groups is 1. The van der Waals surface area contributed by atoms with E-state index in [9.17, 15) is 4.79 Å². The molecule has 0 bridgehead atoms. The molecule has 18 heavy (non-hydrogen) atoms. The second-order valence-corrected chi connectivity index (χ2v) is 3.89.